The first-order chi connectivity index (χ1) is 11.8. The van der Waals surface area contributed by atoms with Gasteiger partial charge in [0.15, 0.2) is 0 Å². The second-order valence-corrected chi connectivity index (χ2v) is 5.99. The van der Waals surface area contributed by atoms with Crippen LogP contribution in [0, 0.1) is 6.92 Å². The number of aryl methyl sites for hydroxylation is 1. The summed E-state index contributed by atoms with van der Waals surface area (Å²) in [6.45, 7) is 3.46. The van der Waals surface area contributed by atoms with E-state index in [1.807, 2.05) is 25.3 Å². The molecule has 0 unspecified atom stereocenters. The Morgan fingerprint density at radius 1 is 0.875 bits per heavy atom. The molecule has 0 atom stereocenters. The van der Waals surface area contributed by atoms with Crippen LogP contribution in [-0.4, -0.2) is 9.97 Å². The molecule has 0 saturated carbocycles. The lowest BCUT2D eigenvalue weighted by molar-refractivity contribution is 0.769. The van der Waals surface area contributed by atoms with E-state index in [-0.39, 0.29) is 0 Å². The van der Waals surface area contributed by atoms with Gasteiger partial charge in [0, 0.05) is 24.8 Å². The van der Waals surface area contributed by atoms with Gasteiger partial charge in [-0.1, -0.05) is 60.7 Å². The molecule has 0 bridgehead atoms. The molecule has 0 aliphatic carbocycles. The smallest absolute Gasteiger partial charge is 0.137 e. The summed E-state index contributed by atoms with van der Waals surface area (Å²) < 4.78 is 0. The standard InChI is InChI=1S/C20H20ClN3/c1-16-22-13-19(12-21)20(23-16)24(14-17-8-4-2-5-9-17)15-18-10-6-3-7-11-18/h2-11,13H,12,14-15H2,1H3. The van der Waals surface area contributed by atoms with Gasteiger partial charge in [0.1, 0.15) is 11.6 Å². The maximum Gasteiger partial charge on any atom is 0.137 e. The summed E-state index contributed by atoms with van der Waals surface area (Å²) in [6.07, 6.45) is 1.83. The van der Waals surface area contributed by atoms with Crippen LogP contribution >= 0.6 is 11.6 Å². The van der Waals surface area contributed by atoms with Crippen LogP contribution in [0.2, 0.25) is 0 Å². The van der Waals surface area contributed by atoms with Gasteiger partial charge >= 0.3 is 0 Å². The molecule has 3 aromatic rings. The molecule has 0 aliphatic heterocycles. The molecule has 4 heteroatoms. The van der Waals surface area contributed by atoms with Crippen molar-refractivity contribution in [3.63, 3.8) is 0 Å². The zero-order valence-electron chi connectivity index (χ0n) is 13.7. The second kappa shape index (κ2) is 7.93. The Kier molecular flexibility index (Phi) is 5.44. The minimum atomic E-state index is 0.399. The molecule has 0 saturated heterocycles. The molecule has 0 spiro atoms. The minimum Gasteiger partial charge on any atom is -0.348 e. The van der Waals surface area contributed by atoms with Crippen molar-refractivity contribution in [2.75, 3.05) is 4.90 Å². The lowest BCUT2D eigenvalue weighted by Gasteiger charge is -2.26. The lowest BCUT2D eigenvalue weighted by Crippen LogP contribution is -2.25. The maximum atomic E-state index is 6.13. The summed E-state index contributed by atoms with van der Waals surface area (Å²) in [5.41, 5.74) is 3.43. The molecule has 122 valence electrons. The third-order valence-electron chi connectivity index (χ3n) is 3.84. The van der Waals surface area contributed by atoms with Crippen molar-refractivity contribution in [3.05, 3.63) is 89.4 Å². The van der Waals surface area contributed by atoms with Gasteiger partial charge in [-0.2, -0.15) is 0 Å². The Labute approximate surface area is 148 Å². The van der Waals surface area contributed by atoms with E-state index in [2.05, 4.69) is 63.4 Å². The largest absolute Gasteiger partial charge is 0.348 e. The summed E-state index contributed by atoms with van der Waals surface area (Å²) >= 11 is 6.13. The average Bonchev–Trinajstić information content (AvgIpc) is 2.63. The molecule has 1 heterocycles. The SMILES string of the molecule is Cc1ncc(CCl)c(N(Cc2ccccc2)Cc2ccccc2)n1. The molecule has 3 nitrogen and oxygen atoms in total. The molecule has 0 amide bonds. The summed E-state index contributed by atoms with van der Waals surface area (Å²) in [5, 5.41) is 0. The molecule has 2 aromatic carbocycles. The number of rotatable bonds is 6. The minimum absolute atomic E-state index is 0.399. The van der Waals surface area contributed by atoms with E-state index in [4.69, 9.17) is 11.6 Å². The number of halogens is 1. The van der Waals surface area contributed by atoms with Gasteiger partial charge in [-0.3, -0.25) is 0 Å². The van der Waals surface area contributed by atoms with Crippen molar-refractivity contribution < 1.29 is 0 Å². The summed E-state index contributed by atoms with van der Waals surface area (Å²) in [7, 11) is 0. The summed E-state index contributed by atoms with van der Waals surface area (Å²) in [6, 6.07) is 20.8. The third-order valence-corrected chi connectivity index (χ3v) is 4.13. The molecular weight excluding hydrogens is 318 g/mol. The fourth-order valence-electron chi connectivity index (χ4n) is 2.66. The Morgan fingerprint density at radius 2 is 1.42 bits per heavy atom. The highest BCUT2D eigenvalue weighted by Crippen LogP contribution is 2.23. The van der Waals surface area contributed by atoms with Crippen LogP contribution in [0.5, 0.6) is 0 Å². The first-order valence-electron chi connectivity index (χ1n) is 7.97. The van der Waals surface area contributed by atoms with Crippen LogP contribution in [0.4, 0.5) is 5.82 Å². The molecule has 0 aliphatic rings. The van der Waals surface area contributed by atoms with Gasteiger partial charge < -0.3 is 4.90 Å². The molecule has 3 rings (SSSR count). The number of hydrogen-bond donors (Lipinski definition) is 0. The molecule has 1 aromatic heterocycles. The first-order valence-corrected chi connectivity index (χ1v) is 8.51. The van der Waals surface area contributed by atoms with Crippen molar-refractivity contribution in [3.8, 4) is 0 Å². The van der Waals surface area contributed by atoms with Gasteiger partial charge in [0.2, 0.25) is 0 Å². The van der Waals surface area contributed by atoms with Crippen LogP contribution in [0.3, 0.4) is 0 Å². The lowest BCUT2D eigenvalue weighted by atomic mass is 10.1. The average molecular weight is 338 g/mol. The van der Waals surface area contributed by atoms with E-state index in [1.165, 1.54) is 11.1 Å². The highest BCUT2D eigenvalue weighted by Gasteiger charge is 2.15. The zero-order valence-corrected chi connectivity index (χ0v) is 14.4. The predicted molar refractivity (Wildman–Crippen MR) is 99.1 cm³/mol. The van der Waals surface area contributed by atoms with Gasteiger partial charge in [0.25, 0.3) is 0 Å². The van der Waals surface area contributed by atoms with Crippen molar-refractivity contribution in [2.24, 2.45) is 0 Å². The normalized spacial score (nSPS) is 10.6. The maximum absolute atomic E-state index is 6.13. The monoisotopic (exact) mass is 337 g/mol. The number of anilines is 1. The predicted octanol–water partition coefficient (Wildman–Crippen LogP) is 4.73. The number of hydrogen-bond acceptors (Lipinski definition) is 3. The summed E-state index contributed by atoms with van der Waals surface area (Å²) in [5.74, 6) is 2.06. The van der Waals surface area contributed by atoms with Crippen LogP contribution < -0.4 is 4.90 Å². The Hall–Kier alpha value is -2.39. The Balaban J connectivity index is 1.96. The molecular formula is C20H20ClN3. The highest BCUT2D eigenvalue weighted by atomic mass is 35.5. The van der Waals surface area contributed by atoms with Crippen LogP contribution in [-0.2, 0) is 19.0 Å². The molecule has 24 heavy (non-hydrogen) atoms. The van der Waals surface area contributed by atoms with Crippen LogP contribution in [0.1, 0.15) is 22.5 Å². The molecule has 0 fully saturated rings. The number of benzene rings is 2. The van der Waals surface area contributed by atoms with Gasteiger partial charge in [-0.05, 0) is 18.1 Å². The third kappa shape index (κ3) is 4.12. The van der Waals surface area contributed by atoms with Gasteiger partial charge in [0.05, 0.1) is 5.88 Å². The zero-order chi connectivity index (χ0) is 16.8. The van der Waals surface area contributed by atoms with Gasteiger partial charge in [-0.25, -0.2) is 9.97 Å². The summed E-state index contributed by atoms with van der Waals surface area (Å²) in [4.78, 5) is 11.2. The molecule has 0 N–H and O–H groups in total. The van der Waals surface area contributed by atoms with Crippen molar-refractivity contribution in [1.29, 1.82) is 0 Å². The van der Waals surface area contributed by atoms with E-state index < -0.39 is 0 Å². The van der Waals surface area contributed by atoms with Crippen molar-refractivity contribution in [1.82, 2.24) is 9.97 Å². The van der Waals surface area contributed by atoms with E-state index in [0.717, 1.165) is 30.3 Å². The van der Waals surface area contributed by atoms with E-state index in [1.54, 1.807) is 0 Å². The topological polar surface area (TPSA) is 29.0 Å². The number of aromatic nitrogens is 2. The van der Waals surface area contributed by atoms with Crippen molar-refractivity contribution in [2.45, 2.75) is 25.9 Å². The first kappa shape index (κ1) is 16.5. The highest BCUT2D eigenvalue weighted by molar-refractivity contribution is 6.17. The number of alkyl halides is 1. The van der Waals surface area contributed by atoms with Crippen molar-refractivity contribution >= 4 is 17.4 Å². The number of nitrogens with zero attached hydrogens (tertiary/aromatic N) is 3. The fraction of sp³-hybridized carbons (Fsp3) is 0.200. The van der Waals surface area contributed by atoms with Gasteiger partial charge in [-0.15, -0.1) is 11.6 Å². The van der Waals surface area contributed by atoms with E-state index in [0.29, 0.717) is 5.88 Å². The fourth-order valence-corrected chi connectivity index (χ4v) is 2.85. The Morgan fingerprint density at radius 3 is 1.92 bits per heavy atom. The van der Waals surface area contributed by atoms with E-state index >= 15 is 0 Å². The van der Waals surface area contributed by atoms with Crippen LogP contribution in [0.15, 0.2) is 66.9 Å². The molecule has 0 radical (unpaired) electrons. The van der Waals surface area contributed by atoms with Crippen LogP contribution in [0.25, 0.3) is 0 Å². The Bertz CT molecular complexity index is 734. The van der Waals surface area contributed by atoms with E-state index in [9.17, 15) is 0 Å². The quantitative estimate of drug-likeness (QED) is 0.609. The second-order valence-electron chi connectivity index (χ2n) is 5.73.